The summed E-state index contributed by atoms with van der Waals surface area (Å²) in [5.74, 6) is -0.838. The number of nitrogens with zero attached hydrogens (tertiary/aromatic N) is 3. The van der Waals surface area contributed by atoms with Crippen LogP contribution in [0, 0.1) is 5.82 Å². The highest BCUT2D eigenvalue weighted by Crippen LogP contribution is 2.36. The molecular weight excluding hydrogens is 335 g/mol. The third-order valence-electron chi connectivity index (χ3n) is 2.80. The summed E-state index contributed by atoms with van der Waals surface area (Å²) < 4.78 is 49.6. The van der Waals surface area contributed by atoms with Gasteiger partial charge in [0.1, 0.15) is 28.7 Å². The molecule has 0 fully saturated rings. The zero-order chi connectivity index (χ0) is 16.4. The molecule has 9 heteroatoms. The number of halogens is 4. The van der Waals surface area contributed by atoms with E-state index >= 15 is 0 Å². The van der Waals surface area contributed by atoms with Crippen LogP contribution in [0.5, 0.6) is 11.6 Å². The smallest absolute Gasteiger partial charge is 0.283 e. The minimum atomic E-state index is -2.83. The number of rotatable bonds is 4. The van der Waals surface area contributed by atoms with Gasteiger partial charge in [-0.3, -0.25) is 0 Å². The van der Waals surface area contributed by atoms with Crippen molar-refractivity contribution in [2.75, 3.05) is 0 Å². The van der Waals surface area contributed by atoms with E-state index in [2.05, 4.69) is 15.1 Å². The molecule has 0 bridgehead atoms. The summed E-state index contributed by atoms with van der Waals surface area (Å²) >= 11 is 5.72. The van der Waals surface area contributed by atoms with Crippen molar-refractivity contribution >= 4 is 11.6 Å². The Morgan fingerprint density at radius 1 is 1.17 bits per heavy atom. The molecule has 0 saturated heterocycles. The van der Waals surface area contributed by atoms with Crippen molar-refractivity contribution in [3.8, 4) is 23.0 Å². The van der Waals surface area contributed by atoms with Gasteiger partial charge >= 0.3 is 0 Å². The van der Waals surface area contributed by atoms with Crippen LogP contribution in [0.4, 0.5) is 13.2 Å². The zero-order valence-corrected chi connectivity index (χ0v) is 12.0. The number of benzene rings is 1. The lowest BCUT2D eigenvalue weighted by molar-refractivity contribution is 0.140. The van der Waals surface area contributed by atoms with E-state index in [0.717, 1.165) is 12.1 Å². The predicted molar refractivity (Wildman–Crippen MR) is 74.0 cm³/mol. The molecule has 0 amide bonds. The Morgan fingerprint density at radius 2 is 2.00 bits per heavy atom. The van der Waals surface area contributed by atoms with Crippen molar-refractivity contribution in [1.29, 1.82) is 0 Å². The second-order valence-corrected chi connectivity index (χ2v) is 4.70. The maximum atomic E-state index is 14.1. The first-order chi connectivity index (χ1) is 11.0. The second-order valence-electron chi connectivity index (χ2n) is 4.31. The highest BCUT2D eigenvalue weighted by Gasteiger charge is 2.21. The molecule has 0 N–H and O–H groups in total. The van der Waals surface area contributed by atoms with Gasteiger partial charge in [0.05, 0.1) is 5.56 Å². The van der Waals surface area contributed by atoms with Gasteiger partial charge in [-0.25, -0.2) is 23.1 Å². The SMILES string of the molecule is Fc1cccc(Oc2cc(Cl)ncn2)c1-c1cc(C(F)F)no1. The fourth-order valence-corrected chi connectivity index (χ4v) is 1.96. The third kappa shape index (κ3) is 3.26. The molecule has 1 aromatic carbocycles. The fraction of sp³-hybridized carbons (Fsp3) is 0.0714. The molecule has 0 unspecified atom stereocenters. The van der Waals surface area contributed by atoms with Crippen LogP contribution in [0.3, 0.4) is 0 Å². The molecule has 0 saturated carbocycles. The summed E-state index contributed by atoms with van der Waals surface area (Å²) in [6.07, 6.45) is -1.66. The third-order valence-corrected chi connectivity index (χ3v) is 3.00. The average Bonchev–Trinajstić information content (AvgIpc) is 2.97. The van der Waals surface area contributed by atoms with Crippen molar-refractivity contribution in [2.24, 2.45) is 0 Å². The van der Waals surface area contributed by atoms with Crippen LogP contribution in [0.25, 0.3) is 11.3 Å². The van der Waals surface area contributed by atoms with Gasteiger partial charge in [0.2, 0.25) is 5.88 Å². The van der Waals surface area contributed by atoms with Crippen LogP contribution < -0.4 is 4.74 Å². The molecule has 118 valence electrons. The van der Waals surface area contributed by atoms with Crippen molar-refractivity contribution in [3.05, 3.63) is 53.3 Å². The van der Waals surface area contributed by atoms with Crippen LogP contribution >= 0.6 is 11.6 Å². The van der Waals surface area contributed by atoms with E-state index in [-0.39, 0.29) is 28.1 Å². The van der Waals surface area contributed by atoms with Crippen molar-refractivity contribution in [3.63, 3.8) is 0 Å². The van der Waals surface area contributed by atoms with Gasteiger partial charge in [-0.05, 0) is 12.1 Å². The van der Waals surface area contributed by atoms with Gasteiger partial charge in [0.25, 0.3) is 6.43 Å². The van der Waals surface area contributed by atoms with E-state index in [0.29, 0.717) is 0 Å². The van der Waals surface area contributed by atoms with Gasteiger partial charge < -0.3 is 9.26 Å². The van der Waals surface area contributed by atoms with Gasteiger partial charge in [-0.2, -0.15) is 0 Å². The first kappa shape index (κ1) is 15.3. The van der Waals surface area contributed by atoms with E-state index in [4.69, 9.17) is 20.9 Å². The van der Waals surface area contributed by atoms with Gasteiger partial charge in [0.15, 0.2) is 5.76 Å². The summed E-state index contributed by atoms with van der Waals surface area (Å²) in [6, 6.07) is 6.23. The second kappa shape index (κ2) is 6.25. The highest BCUT2D eigenvalue weighted by atomic mass is 35.5. The van der Waals surface area contributed by atoms with Crippen LogP contribution in [0.2, 0.25) is 5.15 Å². The summed E-state index contributed by atoms with van der Waals surface area (Å²) in [5.41, 5.74) is -0.749. The normalized spacial score (nSPS) is 11.0. The molecular formula is C14H7ClF3N3O2. The molecule has 0 atom stereocenters. The number of hydrogen-bond donors (Lipinski definition) is 0. The molecule has 23 heavy (non-hydrogen) atoms. The van der Waals surface area contributed by atoms with E-state index in [1.165, 1.54) is 24.5 Å². The Hall–Kier alpha value is -2.61. The van der Waals surface area contributed by atoms with Crippen molar-refractivity contribution in [1.82, 2.24) is 15.1 Å². The quantitative estimate of drug-likeness (QED) is 0.646. The average molecular weight is 342 g/mol. The Labute approximate surface area is 132 Å². The van der Waals surface area contributed by atoms with Crippen LogP contribution in [-0.2, 0) is 0 Å². The van der Waals surface area contributed by atoms with E-state index < -0.39 is 17.9 Å². The molecule has 0 aliphatic heterocycles. The Kier molecular flexibility index (Phi) is 4.16. The molecule has 2 heterocycles. The largest absolute Gasteiger partial charge is 0.438 e. The summed E-state index contributed by atoms with van der Waals surface area (Å²) in [7, 11) is 0. The number of alkyl halides is 2. The molecule has 2 aromatic heterocycles. The molecule has 3 rings (SSSR count). The van der Waals surface area contributed by atoms with Crippen LogP contribution in [0.15, 0.2) is 41.2 Å². The van der Waals surface area contributed by atoms with Crippen LogP contribution in [0.1, 0.15) is 12.1 Å². The molecule has 0 radical (unpaired) electrons. The summed E-state index contributed by atoms with van der Waals surface area (Å²) in [5, 5.41) is 3.33. The minimum Gasteiger partial charge on any atom is -0.438 e. The van der Waals surface area contributed by atoms with E-state index in [9.17, 15) is 13.2 Å². The maximum absolute atomic E-state index is 14.1. The number of hydrogen-bond acceptors (Lipinski definition) is 5. The Bertz CT molecular complexity index is 842. The Morgan fingerprint density at radius 3 is 2.70 bits per heavy atom. The molecule has 0 spiro atoms. The van der Waals surface area contributed by atoms with Crippen molar-refractivity contribution in [2.45, 2.75) is 6.43 Å². The molecule has 0 aliphatic carbocycles. The van der Waals surface area contributed by atoms with Gasteiger partial charge in [-0.1, -0.05) is 22.8 Å². The maximum Gasteiger partial charge on any atom is 0.283 e. The fourth-order valence-electron chi connectivity index (χ4n) is 1.82. The molecule has 3 aromatic rings. The monoisotopic (exact) mass is 341 g/mol. The highest BCUT2D eigenvalue weighted by molar-refractivity contribution is 6.29. The van der Waals surface area contributed by atoms with Crippen LogP contribution in [-0.4, -0.2) is 15.1 Å². The lowest BCUT2D eigenvalue weighted by atomic mass is 10.1. The van der Waals surface area contributed by atoms with E-state index in [1.807, 2.05) is 0 Å². The van der Waals surface area contributed by atoms with Crippen molar-refractivity contribution < 1.29 is 22.4 Å². The minimum absolute atomic E-state index is 0.0109. The number of aromatic nitrogens is 3. The van der Waals surface area contributed by atoms with Gasteiger partial charge in [0, 0.05) is 12.1 Å². The molecule has 0 aliphatic rings. The first-order valence-electron chi connectivity index (χ1n) is 6.23. The van der Waals surface area contributed by atoms with Gasteiger partial charge in [-0.15, -0.1) is 0 Å². The summed E-state index contributed by atoms with van der Waals surface area (Å²) in [6.45, 7) is 0. The first-order valence-corrected chi connectivity index (χ1v) is 6.61. The Balaban J connectivity index is 2.02. The lowest BCUT2D eigenvalue weighted by Crippen LogP contribution is -1.93. The lowest BCUT2D eigenvalue weighted by Gasteiger charge is -2.09. The predicted octanol–water partition coefficient (Wildman–Crippen LogP) is 4.65. The zero-order valence-electron chi connectivity index (χ0n) is 11.2. The number of ether oxygens (including phenoxy) is 1. The molecule has 5 nitrogen and oxygen atoms in total. The van der Waals surface area contributed by atoms with E-state index in [1.54, 1.807) is 0 Å². The summed E-state index contributed by atoms with van der Waals surface area (Å²) in [4.78, 5) is 7.52. The standard InChI is InChI=1S/C14H7ClF3N3O2/c15-11-5-12(20-6-19-11)22-9-3-1-2-7(16)13(9)10-4-8(14(17)18)21-23-10/h1-6,14H. The topological polar surface area (TPSA) is 61.0 Å².